The van der Waals surface area contributed by atoms with Gasteiger partial charge in [-0.05, 0) is 17.7 Å². The smallest absolute Gasteiger partial charge is 0.330 e. The molecule has 1 aromatic rings. The minimum Gasteiger partial charge on any atom is -0.462 e. The summed E-state index contributed by atoms with van der Waals surface area (Å²) < 4.78 is 9.47. The standard InChI is InChI=1S/C12H12O4/c1-2-12(14)15-8-7-10-3-5-11(6-4-10)16-9-13/h2-6,9H,1,7-8H2. The number of hydrogen-bond donors (Lipinski definition) is 0. The second kappa shape index (κ2) is 6.40. The number of carbonyl (C=O) groups excluding carboxylic acids is 2. The highest BCUT2D eigenvalue weighted by atomic mass is 16.5. The molecule has 0 saturated heterocycles. The third kappa shape index (κ3) is 3.96. The molecule has 0 unspecified atom stereocenters. The van der Waals surface area contributed by atoms with Crippen LogP contribution >= 0.6 is 0 Å². The third-order valence-corrected chi connectivity index (χ3v) is 1.91. The Balaban J connectivity index is 2.40. The quantitative estimate of drug-likeness (QED) is 0.414. The first-order chi connectivity index (χ1) is 7.76. The second-order valence-electron chi connectivity index (χ2n) is 2.98. The van der Waals surface area contributed by atoms with Crippen molar-refractivity contribution in [2.24, 2.45) is 0 Å². The molecule has 4 heteroatoms. The number of benzene rings is 1. The molecule has 0 amide bonds. The van der Waals surface area contributed by atoms with Crippen molar-refractivity contribution in [1.82, 2.24) is 0 Å². The van der Waals surface area contributed by atoms with Crippen molar-refractivity contribution in [3.8, 4) is 5.75 Å². The van der Waals surface area contributed by atoms with Gasteiger partial charge in [-0.2, -0.15) is 0 Å². The largest absolute Gasteiger partial charge is 0.462 e. The molecule has 0 aromatic heterocycles. The van der Waals surface area contributed by atoms with E-state index in [4.69, 9.17) is 4.74 Å². The predicted molar refractivity (Wildman–Crippen MR) is 58.0 cm³/mol. The highest BCUT2D eigenvalue weighted by molar-refractivity contribution is 5.81. The normalized spacial score (nSPS) is 9.25. The van der Waals surface area contributed by atoms with E-state index in [-0.39, 0.29) is 0 Å². The zero-order chi connectivity index (χ0) is 11.8. The predicted octanol–water partition coefficient (Wildman–Crippen LogP) is 1.49. The molecule has 0 aliphatic heterocycles. The second-order valence-corrected chi connectivity index (χ2v) is 2.98. The van der Waals surface area contributed by atoms with E-state index in [0.29, 0.717) is 25.2 Å². The van der Waals surface area contributed by atoms with E-state index in [1.807, 2.05) is 0 Å². The molecule has 0 heterocycles. The summed E-state index contributed by atoms with van der Waals surface area (Å²) in [6, 6.07) is 6.97. The van der Waals surface area contributed by atoms with Crippen LogP contribution in [0.4, 0.5) is 0 Å². The number of rotatable bonds is 6. The first kappa shape index (κ1) is 12.0. The van der Waals surface area contributed by atoms with Crippen LogP contribution < -0.4 is 4.74 Å². The van der Waals surface area contributed by atoms with Crippen molar-refractivity contribution in [3.05, 3.63) is 42.5 Å². The van der Waals surface area contributed by atoms with Gasteiger partial charge in [0.25, 0.3) is 6.47 Å². The number of ether oxygens (including phenoxy) is 2. The summed E-state index contributed by atoms with van der Waals surface area (Å²) in [5.41, 5.74) is 0.995. The molecule has 16 heavy (non-hydrogen) atoms. The molecule has 0 aliphatic carbocycles. The lowest BCUT2D eigenvalue weighted by molar-refractivity contribution is -0.137. The Labute approximate surface area is 93.5 Å². The van der Waals surface area contributed by atoms with Crippen LogP contribution in [-0.4, -0.2) is 19.0 Å². The molecule has 1 rings (SSSR count). The molecule has 84 valence electrons. The Kier molecular flexibility index (Phi) is 4.79. The van der Waals surface area contributed by atoms with Gasteiger partial charge in [0.05, 0.1) is 6.61 Å². The molecule has 0 radical (unpaired) electrons. The Bertz CT molecular complexity index is 367. The monoisotopic (exact) mass is 220 g/mol. The van der Waals surface area contributed by atoms with Crippen molar-refractivity contribution >= 4 is 12.4 Å². The number of esters is 1. The molecule has 4 nitrogen and oxygen atoms in total. The van der Waals surface area contributed by atoms with Crippen LogP contribution in [0.25, 0.3) is 0 Å². The van der Waals surface area contributed by atoms with Gasteiger partial charge in [0.1, 0.15) is 5.75 Å². The summed E-state index contributed by atoms with van der Waals surface area (Å²) in [6.45, 7) is 3.97. The first-order valence-corrected chi connectivity index (χ1v) is 4.74. The van der Waals surface area contributed by atoms with Crippen LogP contribution in [0.3, 0.4) is 0 Å². The molecule has 0 saturated carbocycles. The molecule has 0 fully saturated rings. The summed E-state index contributed by atoms with van der Waals surface area (Å²) in [5.74, 6) is 0.0581. The summed E-state index contributed by atoms with van der Waals surface area (Å²) in [5, 5.41) is 0. The van der Waals surface area contributed by atoms with Gasteiger partial charge < -0.3 is 9.47 Å². The zero-order valence-corrected chi connectivity index (χ0v) is 8.72. The maximum Gasteiger partial charge on any atom is 0.330 e. The highest BCUT2D eigenvalue weighted by Gasteiger charge is 1.98. The van der Waals surface area contributed by atoms with Crippen LogP contribution in [0.15, 0.2) is 36.9 Å². The molecule has 0 aliphatic rings. The van der Waals surface area contributed by atoms with Crippen LogP contribution in [0.5, 0.6) is 5.75 Å². The Morgan fingerprint density at radius 1 is 1.31 bits per heavy atom. The van der Waals surface area contributed by atoms with E-state index in [0.717, 1.165) is 11.6 Å². The van der Waals surface area contributed by atoms with Gasteiger partial charge in [0, 0.05) is 12.5 Å². The molecular weight excluding hydrogens is 208 g/mol. The molecule has 0 bridgehead atoms. The Morgan fingerprint density at radius 3 is 2.56 bits per heavy atom. The van der Waals surface area contributed by atoms with Crippen LogP contribution in [0.2, 0.25) is 0 Å². The fraction of sp³-hybridized carbons (Fsp3) is 0.167. The van der Waals surface area contributed by atoms with E-state index in [1.54, 1.807) is 24.3 Å². The van der Waals surface area contributed by atoms with Crippen molar-refractivity contribution in [2.75, 3.05) is 6.61 Å². The first-order valence-electron chi connectivity index (χ1n) is 4.74. The molecular formula is C12H12O4. The lowest BCUT2D eigenvalue weighted by atomic mass is 10.1. The van der Waals surface area contributed by atoms with Crippen LogP contribution in [0, 0.1) is 0 Å². The summed E-state index contributed by atoms with van der Waals surface area (Å²) in [7, 11) is 0. The topological polar surface area (TPSA) is 52.6 Å². The van der Waals surface area contributed by atoms with Gasteiger partial charge in [-0.3, -0.25) is 4.79 Å². The summed E-state index contributed by atoms with van der Waals surface area (Å²) in [6.07, 6.45) is 1.74. The zero-order valence-electron chi connectivity index (χ0n) is 8.72. The average Bonchev–Trinajstić information content (AvgIpc) is 2.31. The lowest BCUT2D eigenvalue weighted by Crippen LogP contribution is -2.04. The molecule has 0 N–H and O–H groups in total. The van der Waals surface area contributed by atoms with E-state index >= 15 is 0 Å². The Hall–Kier alpha value is -2.10. The summed E-state index contributed by atoms with van der Waals surface area (Å²) in [4.78, 5) is 20.8. The maximum absolute atomic E-state index is 10.7. The average molecular weight is 220 g/mol. The van der Waals surface area contributed by atoms with E-state index in [2.05, 4.69) is 11.3 Å². The number of carbonyl (C=O) groups is 2. The minimum atomic E-state index is -0.430. The lowest BCUT2D eigenvalue weighted by Gasteiger charge is -2.03. The van der Waals surface area contributed by atoms with E-state index < -0.39 is 5.97 Å². The van der Waals surface area contributed by atoms with Gasteiger partial charge in [0.2, 0.25) is 0 Å². The van der Waals surface area contributed by atoms with Gasteiger partial charge in [-0.1, -0.05) is 18.7 Å². The Morgan fingerprint density at radius 2 is 2.00 bits per heavy atom. The minimum absolute atomic E-state index is 0.304. The number of hydrogen-bond acceptors (Lipinski definition) is 4. The van der Waals surface area contributed by atoms with Crippen molar-refractivity contribution in [1.29, 1.82) is 0 Å². The molecule has 1 aromatic carbocycles. The van der Waals surface area contributed by atoms with Crippen molar-refractivity contribution < 1.29 is 19.1 Å². The SMILES string of the molecule is C=CC(=O)OCCc1ccc(OC=O)cc1. The maximum atomic E-state index is 10.7. The highest BCUT2D eigenvalue weighted by Crippen LogP contribution is 2.11. The van der Waals surface area contributed by atoms with Crippen LogP contribution in [0.1, 0.15) is 5.56 Å². The van der Waals surface area contributed by atoms with E-state index in [1.165, 1.54) is 0 Å². The van der Waals surface area contributed by atoms with Gasteiger partial charge in [-0.25, -0.2) is 4.79 Å². The van der Waals surface area contributed by atoms with Gasteiger partial charge in [0.15, 0.2) is 0 Å². The van der Waals surface area contributed by atoms with Crippen LogP contribution in [-0.2, 0) is 20.7 Å². The van der Waals surface area contributed by atoms with Gasteiger partial charge >= 0.3 is 5.97 Å². The van der Waals surface area contributed by atoms with Gasteiger partial charge in [-0.15, -0.1) is 0 Å². The fourth-order valence-corrected chi connectivity index (χ4v) is 1.12. The van der Waals surface area contributed by atoms with Crippen molar-refractivity contribution in [3.63, 3.8) is 0 Å². The van der Waals surface area contributed by atoms with Crippen molar-refractivity contribution in [2.45, 2.75) is 6.42 Å². The third-order valence-electron chi connectivity index (χ3n) is 1.91. The molecule has 0 spiro atoms. The fourth-order valence-electron chi connectivity index (χ4n) is 1.12. The molecule has 0 atom stereocenters. The van der Waals surface area contributed by atoms with E-state index in [9.17, 15) is 9.59 Å². The summed E-state index contributed by atoms with van der Waals surface area (Å²) >= 11 is 0.